The number of hydrogen-bond donors (Lipinski definition) is 1. The summed E-state index contributed by atoms with van der Waals surface area (Å²) in [6, 6.07) is 33.0. The van der Waals surface area contributed by atoms with Crippen molar-refractivity contribution in [1.82, 2.24) is 0 Å². The fraction of sp³-hybridized carbons (Fsp3) is 0.289. The number of para-hydroxylation sites is 2. The number of nitrogens with one attached hydrogen (secondary N) is 1. The van der Waals surface area contributed by atoms with E-state index in [1.54, 1.807) is 30.3 Å². The zero-order chi connectivity index (χ0) is 31.4. The molecule has 0 unspecified atom stereocenters. The fourth-order valence-electron chi connectivity index (χ4n) is 5.81. The Morgan fingerprint density at radius 1 is 0.822 bits per heavy atom. The van der Waals surface area contributed by atoms with Gasteiger partial charge in [-0.15, -0.1) is 0 Å². The number of esters is 1. The molecule has 1 aliphatic carbocycles. The van der Waals surface area contributed by atoms with Crippen molar-refractivity contribution in [2.75, 3.05) is 30.5 Å². The van der Waals surface area contributed by atoms with Gasteiger partial charge >= 0.3 is 5.97 Å². The topological polar surface area (TPSA) is 84.9 Å². The second-order valence-corrected chi connectivity index (χ2v) is 11.3. The Morgan fingerprint density at radius 3 is 2.16 bits per heavy atom. The predicted octanol–water partition coefficient (Wildman–Crippen LogP) is 7.11. The van der Waals surface area contributed by atoms with Crippen LogP contribution in [-0.2, 0) is 20.7 Å². The Bertz CT molecular complexity index is 1550. The molecule has 1 amide bonds. The number of benzene rings is 4. The van der Waals surface area contributed by atoms with Crippen LogP contribution in [0.4, 0.5) is 11.4 Å². The molecule has 1 saturated carbocycles. The third-order valence-corrected chi connectivity index (χ3v) is 8.22. The first kappa shape index (κ1) is 31.5. The Labute approximate surface area is 265 Å². The van der Waals surface area contributed by atoms with Gasteiger partial charge in [-0.1, -0.05) is 85.6 Å². The first-order chi connectivity index (χ1) is 22.0. The zero-order valence-corrected chi connectivity index (χ0v) is 25.7. The molecule has 1 aliphatic rings. The summed E-state index contributed by atoms with van der Waals surface area (Å²) < 4.78 is 11.1. The molecule has 0 saturated heterocycles. The molecule has 4 aromatic rings. The third-order valence-electron chi connectivity index (χ3n) is 8.22. The molecule has 5 rings (SSSR count). The first-order valence-electron chi connectivity index (χ1n) is 15.6. The molecule has 7 nitrogen and oxygen atoms in total. The van der Waals surface area contributed by atoms with E-state index in [0.29, 0.717) is 48.6 Å². The number of hydrogen-bond acceptors (Lipinski definition) is 6. The van der Waals surface area contributed by atoms with Gasteiger partial charge in [-0.2, -0.15) is 0 Å². The van der Waals surface area contributed by atoms with Gasteiger partial charge in [0.05, 0.1) is 13.7 Å². The largest absolute Gasteiger partial charge is 0.494 e. The number of carbonyl (C=O) groups is 3. The van der Waals surface area contributed by atoms with E-state index in [1.807, 2.05) is 83.8 Å². The van der Waals surface area contributed by atoms with Crippen molar-refractivity contribution < 1.29 is 23.9 Å². The summed E-state index contributed by atoms with van der Waals surface area (Å²) in [5.74, 6) is 0.489. The number of carbonyl (C=O) groups excluding carboxylic acids is 3. The number of nitrogens with zero attached hydrogens (tertiary/aromatic N) is 1. The fourth-order valence-corrected chi connectivity index (χ4v) is 5.81. The molecule has 45 heavy (non-hydrogen) atoms. The minimum absolute atomic E-state index is 0.111. The summed E-state index contributed by atoms with van der Waals surface area (Å²) >= 11 is 0. The van der Waals surface area contributed by atoms with Gasteiger partial charge in [-0.25, -0.2) is 4.79 Å². The second-order valence-electron chi connectivity index (χ2n) is 11.3. The summed E-state index contributed by atoms with van der Waals surface area (Å²) in [6.45, 7) is 1.07. The van der Waals surface area contributed by atoms with Gasteiger partial charge in [0.1, 0.15) is 11.8 Å². The number of methoxy groups -OCH3 is 1. The maximum Gasteiger partial charge on any atom is 0.328 e. The molecule has 1 fully saturated rings. The van der Waals surface area contributed by atoms with Gasteiger partial charge < -0.3 is 19.7 Å². The minimum Gasteiger partial charge on any atom is -0.494 e. The molecule has 4 aromatic carbocycles. The summed E-state index contributed by atoms with van der Waals surface area (Å²) in [4.78, 5) is 41.2. The van der Waals surface area contributed by atoms with Crippen LogP contribution in [-0.4, -0.2) is 44.0 Å². The van der Waals surface area contributed by atoms with Crippen LogP contribution in [0.1, 0.15) is 53.6 Å². The lowest BCUT2D eigenvalue weighted by Gasteiger charge is -2.26. The number of ether oxygens (including phenoxy) is 2. The molecule has 232 valence electrons. The quantitative estimate of drug-likeness (QED) is 0.0939. The highest BCUT2D eigenvalue weighted by Crippen LogP contribution is 2.29. The lowest BCUT2D eigenvalue weighted by molar-refractivity contribution is -0.141. The Morgan fingerprint density at radius 2 is 1.47 bits per heavy atom. The van der Waals surface area contributed by atoms with Gasteiger partial charge in [0, 0.05) is 41.4 Å². The first-order valence-corrected chi connectivity index (χ1v) is 15.6. The van der Waals surface area contributed by atoms with Crippen LogP contribution in [0.15, 0.2) is 109 Å². The van der Waals surface area contributed by atoms with Crippen LogP contribution < -0.4 is 15.0 Å². The summed E-state index contributed by atoms with van der Waals surface area (Å²) in [7, 11) is 1.36. The Balaban J connectivity index is 1.18. The lowest BCUT2D eigenvalue weighted by atomic mass is 10.00. The normalized spacial score (nSPS) is 13.5. The van der Waals surface area contributed by atoms with Crippen LogP contribution in [0.2, 0.25) is 0 Å². The monoisotopic (exact) mass is 604 g/mol. The maximum atomic E-state index is 13.3. The lowest BCUT2D eigenvalue weighted by Crippen LogP contribution is -2.36. The van der Waals surface area contributed by atoms with Crippen molar-refractivity contribution in [2.45, 2.75) is 44.6 Å². The minimum atomic E-state index is -0.701. The highest BCUT2D eigenvalue weighted by Gasteiger charge is 2.28. The molecule has 0 aliphatic heterocycles. The summed E-state index contributed by atoms with van der Waals surface area (Å²) in [6.07, 6.45) is 5.23. The Kier molecular flexibility index (Phi) is 11.0. The van der Waals surface area contributed by atoms with Gasteiger partial charge in [-0.3, -0.25) is 9.59 Å². The van der Waals surface area contributed by atoms with E-state index in [-0.39, 0.29) is 17.6 Å². The van der Waals surface area contributed by atoms with Crippen LogP contribution in [0.5, 0.6) is 5.75 Å². The summed E-state index contributed by atoms with van der Waals surface area (Å²) in [5, 5.41) is 3.25. The van der Waals surface area contributed by atoms with Crippen LogP contribution in [0.3, 0.4) is 0 Å². The molecule has 1 atom stereocenters. The maximum absolute atomic E-state index is 13.3. The van der Waals surface area contributed by atoms with Gasteiger partial charge in [-0.05, 0) is 61.2 Å². The average molecular weight is 605 g/mol. The van der Waals surface area contributed by atoms with Crippen molar-refractivity contribution in [2.24, 2.45) is 5.92 Å². The van der Waals surface area contributed by atoms with Crippen molar-refractivity contribution >= 4 is 29.0 Å². The number of rotatable bonds is 14. The smallest absolute Gasteiger partial charge is 0.328 e. The van der Waals surface area contributed by atoms with E-state index in [0.717, 1.165) is 36.9 Å². The predicted molar refractivity (Wildman–Crippen MR) is 177 cm³/mol. The van der Waals surface area contributed by atoms with Crippen LogP contribution in [0.25, 0.3) is 0 Å². The van der Waals surface area contributed by atoms with Gasteiger partial charge in [0.25, 0.3) is 0 Å². The molecule has 0 spiro atoms. The van der Waals surface area contributed by atoms with E-state index < -0.39 is 12.0 Å². The van der Waals surface area contributed by atoms with Crippen molar-refractivity contribution in [3.63, 3.8) is 0 Å². The number of amides is 1. The third kappa shape index (κ3) is 8.38. The zero-order valence-electron chi connectivity index (χ0n) is 25.7. The van der Waals surface area contributed by atoms with Gasteiger partial charge in [0.15, 0.2) is 5.78 Å². The van der Waals surface area contributed by atoms with Crippen molar-refractivity contribution in [3.8, 4) is 5.75 Å². The highest BCUT2D eigenvalue weighted by atomic mass is 16.5. The van der Waals surface area contributed by atoms with Crippen LogP contribution in [0, 0.1) is 5.92 Å². The van der Waals surface area contributed by atoms with E-state index >= 15 is 0 Å². The Hall–Kier alpha value is -4.91. The van der Waals surface area contributed by atoms with Crippen molar-refractivity contribution in [1.29, 1.82) is 0 Å². The van der Waals surface area contributed by atoms with Gasteiger partial charge in [0.2, 0.25) is 5.91 Å². The second kappa shape index (κ2) is 15.7. The molecule has 0 bridgehead atoms. The van der Waals surface area contributed by atoms with E-state index in [9.17, 15) is 14.4 Å². The molecule has 0 heterocycles. The van der Waals surface area contributed by atoms with Crippen LogP contribution >= 0.6 is 0 Å². The number of anilines is 2. The molecule has 7 heteroatoms. The van der Waals surface area contributed by atoms with E-state index in [2.05, 4.69) is 5.32 Å². The standard InChI is InChI=1S/C38H40N2O5/c1-44-38(43)35(39-34-20-11-10-19-33(34)36(41)29-13-4-2-5-14-29)27-28-21-23-32(24-22-28)45-26-12-25-40(31-17-6-3-7-18-31)37(42)30-15-8-9-16-30/h2-7,10-11,13-14,17-24,30,35,39H,8-9,12,15-16,25-27H2,1H3/t35-/m0/s1. The molecule has 0 aromatic heterocycles. The molecule has 0 radical (unpaired) electrons. The summed E-state index contributed by atoms with van der Waals surface area (Å²) in [5.41, 5.74) is 3.47. The van der Waals surface area contributed by atoms with Crippen molar-refractivity contribution in [3.05, 3.63) is 126 Å². The average Bonchev–Trinajstić information content (AvgIpc) is 3.64. The molecular weight excluding hydrogens is 564 g/mol. The molecular formula is C38H40N2O5. The molecule has 1 N–H and O–H groups in total. The number of ketones is 1. The van der Waals surface area contributed by atoms with E-state index in [4.69, 9.17) is 9.47 Å². The highest BCUT2D eigenvalue weighted by molar-refractivity contribution is 6.12. The van der Waals surface area contributed by atoms with E-state index in [1.165, 1.54) is 7.11 Å². The SMILES string of the molecule is COC(=O)[C@H](Cc1ccc(OCCCN(C(=O)C2CCCC2)c2ccccc2)cc1)Nc1ccccc1C(=O)c1ccccc1.